The van der Waals surface area contributed by atoms with Crippen LogP contribution in [-0.4, -0.2) is 0 Å². The average molecular weight is 87.2 g/mol. The van der Waals surface area contributed by atoms with Crippen molar-refractivity contribution in [3.63, 3.8) is 0 Å². The lowest BCUT2D eigenvalue weighted by Crippen LogP contribution is -1.81. The highest BCUT2D eigenvalue weighted by molar-refractivity contribution is 4.38. The molecule has 0 heterocycles. The molecule has 0 bridgehead atoms. The van der Waals surface area contributed by atoms with Crippen LogP contribution in [0.5, 0.6) is 0 Å². The third-order valence-corrected chi connectivity index (χ3v) is 0.750. The molecule has 0 heteroatoms. The largest absolute Gasteiger partial charge is 0.0654 e. The van der Waals surface area contributed by atoms with Gasteiger partial charge < -0.3 is 0 Å². The first-order valence-corrected chi connectivity index (χ1v) is 2.56. The predicted octanol–water partition coefficient (Wildman–Crippen LogP) is 2.44. The van der Waals surface area contributed by atoms with Crippen LogP contribution in [-0.2, 0) is 0 Å². The first-order valence-electron chi connectivity index (χ1n) is 3.06. The van der Waals surface area contributed by atoms with Gasteiger partial charge in [-0.3, -0.25) is 0 Å². The Bertz CT molecular complexity index is 42.6. The van der Waals surface area contributed by atoms with Gasteiger partial charge >= 0.3 is 0 Å². The van der Waals surface area contributed by atoms with E-state index in [1.165, 1.54) is 0 Å². The van der Waals surface area contributed by atoms with E-state index in [-0.39, 0.29) is 5.89 Å². The predicted molar refractivity (Wildman–Crippen MR) is 29.7 cm³/mol. The molecule has 0 saturated carbocycles. The second kappa shape index (κ2) is 3.20. The van der Waals surface area contributed by atoms with Crippen molar-refractivity contribution in [3.8, 4) is 0 Å². The molecule has 38 valence electrons. The molecule has 0 spiro atoms. The van der Waals surface area contributed by atoms with Crippen LogP contribution in [0.25, 0.3) is 0 Å². The summed E-state index contributed by atoms with van der Waals surface area (Å²) in [7, 11) is 0. The van der Waals surface area contributed by atoms with E-state index in [0.717, 1.165) is 12.8 Å². The summed E-state index contributed by atoms with van der Waals surface area (Å²) in [6.45, 7) is 5.99. The van der Waals surface area contributed by atoms with Crippen LogP contribution in [0.2, 0.25) is 0 Å². The molecule has 0 radical (unpaired) electrons. The maximum atomic E-state index is 7.33. The Kier molecular flexibility index (Phi) is 2.22. The molecular formula is C6H14. The van der Waals surface area contributed by atoms with Gasteiger partial charge in [0, 0.05) is 1.37 Å². The monoisotopic (exact) mass is 87.1 g/mol. The van der Waals surface area contributed by atoms with Crippen LogP contribution in [0, 0.1) is 5.89 Å². The highest BCUT2D eigenvalue weighted by Crippen LogP contribution is 2.00. The van der Waals surface area contributed by atoms with Gasteiger partial charge in [-0.1, -0.05) is 33.6 Å². The van der Waals surface area contributed by atoms with Gasteiger partial charge in [0.25, 0.3) is 0 Å². The van der Waals surface area contributed by atoms with Gasteiger partial charge in [-0.2, -0.15) is 0 Å². The van der Waals surface area contributed by atoms with Crippen LogP contribution in [0.3, 0.4) is 0 Å². The lowest BCUT2D eigenvalue weighted by Gasteiger charge is -1.95. The summed E-state index contributed by atoms with van der Waals surface area (Å²) in [5, 5.41) is 0. The molecule has 0 rings (SSSR count). The zero-order chi connectivity index (χ0) is 5.91. The number of hydrogen-bond donors (Lipinski definition) is 0. The second-order valence-corrected chi connectivity index (χ2v) is 1.96. The van der Waals surface area contributed by atoms with Crippen molar-refractivity contribution in [2.45, 2.75) is 33.6 Å². The fourth-order valence-corrected chi connectivity index (χ4v) is 0.500. The van der Waals surface area contributed by atoms with E-state index >= 15 is 0 Å². The van der Waals surface area contributed by atoms with E-state index in [2.05, 4.69) is 6.92 Å². The molecule has 0 aromatic rings. The molecule has 0 saturated heterocycles. The van der Waals surface area contributed by atoms with Gasteiger partial charge in [0.1, 0.15) is 0 Å². The zero-order valence-electron chi connectivity index (χ0n) is 5.91. The molecule has 0 aromatic heterocycles. The van der Waals surface area contributed by atoms with E-state index in [1.807, 2.05) is 13.8 Å². The Morgan fingerprint density at radius 2 is 2.17 bits per heavy atom. The summed E-state index contributed by atoms with van der Waals surface area (Å²) in [6, 6.07) is 0. The van der Waals surface area contributed by atoms with Crippen molar-refractivity contribution < 1.29 is 1.37 Å². The molecule has 0 aliphatic carbocycles. The van der Waals surface area contributed by atoms with Gasteiger partial charge in [-0.05, 0) is 5.89 Å². The molecule has 0 fully saturated rings. The molecule has 0 amide bonds. The Hall–Kier alpha value is 0. The van der Waals surface area contributed by atoms with Crippen molar-refractivity contribution in [1.82, 2.24) is 0 Å². The molecule has 6 heavy (non-hydrogen) atoms. The fraction of sp³-hybridized carbons (Fsp3) is 1.00. The molecule has 0 atom stereocenters. The quantitative estimate of drug-likeness (QED) is 0.485. The molecule has 0 aromatic carbocycles. The molecule has 0 aliphatic heterocycles. The topological polar surface area (TPSA) is 0 Å². The van der Waals surface area contributed by atoms with Crippen molar-refractivity contribution in [3.05, 3.63) is 0 Å². The molecular weight excluding hydrogens is 72.1 g/mol. The highest BCUT2D eigenvalue weighted by Gasteiger charge is 1.85. The maximum absolute atomic E-state index is 7.33. The summed E-state index contributed by atoms with van der Waals surface area (Å²) < 4.78 is 7.33. The third-order valence-electron chi connectivity index (χ3n) is 0.750. The summed E-state index contributed by atoms with van der Waals surface area (Å²) in [5.41, 5.74) is 0. The minimum absolute atomic E-state index is 0.200. The van der Waals surface area contributed by atoms with Crippen molar-refractivity contribution in [2.75, 3.05) is 0 Å². The van der Waals surface area contributed by atoms with Crippen molar-refractivity contribution >= 4 is 0 Å². The van der Waals surface area contributed by atoms with Gasteiger partial charge in [0.05, 0.1) is 0 Å². The Labute approximate surface area is 42.0 Å². The average Bonchev–Trinajstić information content (AvgIpc) is 1.30. The maximum Gasteiger partial charge on any atom is 0.0297 e. The number of rotatable bonds is 2. The minimum Gasteiger partial charge on any atom is -0.0654 e. The van der Waals surface area contributed by atoms with Crippen LogP contribution in [0.15, 0.2) is 0 Å². The molecule has 0 aliphatic rings. The summed E-state index contributed by atoms with van der Waals surface area (Å²) in [4.78, 5) is 0. The van der Waals surface area contributed by atoms with E-state index in [9.17, 15) is 0 Å². The lowest BCUT2D eigenvalue weighted by atomic mass is 10.1. The van der Waals surface area contributed by atoms with Gasteiger partial charge in [-0.15, -0.1) is 0 Å². The van der Waals surface area contributed by atoms with E-state index < -0.39 is 0 Å². The van der Waals surface area contributed by atoms with E-state index in [1.54, 1.807) is 0 Å². The molecule has 0 nitrogen and oxygen atoms in total. The van der Waals surface area contributed by atoms with Gasteiger partial charge in [0.2, 0.25) is 0 Å². The summed E-state index contributed by atoms with van der Waals surface area (Å²) in [5.74, 6) is -0.200. The normalized spacial score (nSPS) is 14.2. The van der Waals surface area contributed by atoms with Crippen molar-refractivity contribution in [2.24, 2.45) is 5.89 Å². The Morgan fingerprint density at radius 3 is 2.17 bits per heavy atom. The first kappa shape index (κ1) is 4.17. The molecule has 0 N–H and O–H groups in total. The zero-order valence-corrected chi connectivity index (χ0v) is 4.91. The van der Waals surface area contributed by atoms with Gasteiger partial charge in [0.15, 0.2) is 0 Å². The third kappa shape index (κ3) is 4.00. The van der Waals surface area contributed by atoms with E-state index in [0.29, 0.717) is 0 Å². The fourth-order valence-electron chi connectivity index (χ4n) is 0.500. The highest BCUT2D eigenvalue weighted by atomic mass is 13.9. The van der Waals surface area contributed by atoms with Gasteiger partial charge in [-0.25, -0.2) is 0 Å². The summed E-state index contributed by atoms with van der Waals surface area (Å²) in [6.07, 6.45) is 2.13. The SMILES string of the molecule is [2H]C(C)(C)CCC. The molecule has 0 unspecified atom stereocenters. The number of hydrogen-bond acceptors (Lipinski definition) is 0. The van der Waals surface area contributed by atoms with Crippen LogP contribution in [0.4, 0.5) is 0 Å². The standard InChI is InChI=1S/C6H14/c1-4-5-6(2)3/h6H,4-5H2,1-3H3/i6D. The second-order valence-electron chi connectivity index (χ2n) is 1.96. The van der Waals surface area contributed by atoms with Crippen LogP contribution < -0.4 is 0 Å². The lowest BCUT2D eigenvalue weighted by molar-refractivity contribution is 0.576. The summed E-state index contributed by atoms with van der Waals surface area (Å²) >= 11 is 0. The Morgan fingerprint density at radius 1 is 1.67 bits per heavy atom. The van der Waals surface area contributed by atoms with Crippen molar-refractivity contribution in [1.29, 1.82) is 0 Å². The minimum atomic E-state index is -0.200. The smallest absolute Gasteiger partial charge is 0.0297 e. The first-order chi connectivity index (χ1) is 3.06. The van der Waals surface area contributed by atoms with Crippen LogP contribution >= 0.6 is 0 Å². The van der Waals surface area contributed by atoms with E-state index in [4.69, 9.17) is 1.37 Å². The Balaban J connectivity index is 3.15. The van der Waals surface area contributed by atoms with Crippen LogP contribution in [0.1, 0.15) is 35.0 Å².